The maximum absolute atomic E-state index is 10.9. The van der Waals surface area contributed by atoms with Crippen molar-refractivity contribution in [1.29, 1.82) is 0 Å². The molecule has 3 nitrogen and oxygen atoms in total. The summed E-state index contributed by atoms with van der Waals surface area (Å²) in [6.45, 7) is 7.73. The Morgan fingerprint density at radius 1 is 1.19 bits per heavy atom. The fourth-order valence-electron chi connectivity index (χ4n) is 1.37. The van der Waals surface area contributed by atoms with Crippen LogP contribution >= 0.6 is 0 Å². The summed E-state index contributed by atoms with van der Waals surface area (Å²) >= 11 is 0. The van der Waals surface area contributed by atoms with Crippen LogP contribution in [0, 0.1) is 0 Å². The van der Waals surface area contributed by atoms with Gasteiger partial charge in [-0.05, 0) is 23.1 Å². The molecule has 0 amide bonds. The van der Waals surface area contributed by atoms with Gasteiger partial charge < -0.3 is 9.47 Å². The molecule has 3 heteroatoms. The number of hydrogen-bond acceptors (Lipinski definition) is 3. The summed E-state index contributed by atoms with van der Waals surface area (Å²) in [5.74, 6) is 0.701. The Morgan fingerprint density at radius 2 is 1.81 bits per heavy atom. The van der Waals surface area contributed by atoms with Gasteiger partial charge in [0.25, 0.3) is 0 Å². The molecule has 0 fully saturated rings. The minimum atomic E-state index is -0.346. The van der Waals surface area contributed by atoms with E-state index in [4.69, 9.17) is 9.47 Å². The van der Waals surface area contributed by atoms with E-state index in [1.807, 2.05) is 12.1 Å². The standard InChI is InChI=1S/C13H18O3/c1-9(14)16-11-7-6-10(13(2,3)4)8-12(11)15-5/h6-8H,1-5H3. The predicted octanol–water partition coefficient (Wildman–Crippen LogP) is 2.92. The highest BCUT2D eigenvalue weighted by Gasteiger charge is 2.16. The lowest BCUT2D eigenvalue weighted by Crippen LogP contribution is -2.11. The molecule has 1 rings (SSSR count). The van der Waals surface area contributed by atoms with Crippen LogP contribution in [0.2, 0.25) is 0 Å². The molecular formula is C13H18O3. The van der Waals surface area contributed by atoms with Gasteiger partial charge in [-0.15, -0.1) is 0 Å². The predicted molar refractivity (Wildman–Crippen MR) is 63.0 cm³/mol. The van der Waals surface area contributed by atoms with E-state index in [1.165, 1.54) is 6.92 Å². The molecule has 16 heavy (non-hydrogen) atoms. The van der Waals surface area contributed by atoms with E-state index in [-0.39, 0.29) is 11.4 Å². The first-order chi connectivity index (χ1) is 7.34. The SMILES string of the molecule is COc1cc(C(C)(C)C)ccc1OC(C)=O. The summed E-state index contributed by atoms with van der Waals surface area (Å²) in [6.07, 6.45) is 0. The van der Waals surface area contributed by atoms with Gasteiger partial charge in [0.05, 0.1) is 7.11 Å². The largest absolute Gasteiger partial charge is 0.493 e. The third-order valence-corrected chi connectivity index (χ3v) is 2.28. The van der Waals surface area contributed by atoms with Crippen LogP contribution in [0.3, 0.4) is 0 Å². The van der Waals surface area contributed by atoms with E-state index in [1.54, 1.807) is 13.2 Å². The highest BCUT2D eigenvalue weighted by atomic mass is 16.6. The fraction of sp³-hybridized carbons (Fsp3) is 0.462. The van der Waals surface area contributed by atoms with Crippen LogP contribution < -0.4 is 9.47 Å². The van der Waals surface area contributed by atoms with Crippen molar-refractivity contribution in [3.05, 3.63) is 23.8 Å². The van der Waals surface area contributed by atoms with Crippen LogP contribution in [0.25, 0.3) is 0 Å². The summed E-state index contributed by atoms with van der Waals surface area (Å²) in [5.41, 5.74) is 1.18. The molecule has 88 valence electrons. The zero-order valence-corrected chi connectivity index (χ0v) is 10.5. The molecule has 0 saturated carbocycles. The Balaban J connectivity index is 3.11. The van der Waals surface area contributed by atoms with Crippen LogP contribution in [-0.2, 0) is 10.2 Å². The first kappa shape index (κ1) is 12.6. The van der Waals surface area contributed by atoms with Crippen LogP contribution in [0.15, 0.2) is 18.2 Å². The number of ether oxygens (including phenoxy) is 2. The highest BCUT2D eigenvalue weighted by molar-refractivity contribution is 5.70. The summed E-state index contributed by atoms with van der Waals surface area (Å²) in [4.78, 5) is 10.9. The smallest absolute Gasteiger partial charge is 0.308 e. The Hall–Kier alpha value is -1.51. The zero-order valence-electron chi connectivity index (χ0n) is 10.5. The second-order valence-electron chi connectivity index (χ2n) is 4.71. The van der Waals surface area contributed by atoms with Crippen molar-refractivity contribution < 1.29 is 14.3 Å². The molecule has 0 N–H and O–H groups in total. The van der Waals surface area contributed by atoms with Crippen molar-refractivity contribution >= 4 is 5.97 Å². The zero-order chi connectivity index (χ0) is 12.3. The fourth-order valence-corrected chi connectivity index (χ4v) is 1.37. The summed E-state index contributed by atoms with van der Waals surface area (Å²) in [7, 11) is 1.56. The first-order valence-corrected chi connectivity index (χ1v) is 5.21. The minimum Gasteiger partial charge on any atom is -0.493 e. The number of benzene rings is 1. The first-order valence-electron chi connectivity index (χ1n) is 5.21. The van der Waals surface area contributed by atoms with Crippen LogP contribution in [0.5, 0.6) is 11.5 Å². The van der Waals surface area contributed by atoms with Gasteiger partial charge in [-0.2, -0.15) is 0 Å². The van der Waals surface area contributed by atoms with Gasteiger partial charge in [-0.25, -0.2) is 0 Å². The molecule has 1 aromatic carbocycles. The van der Waals surface area contributed by atoms with Crippen LogP contribution in [-0.4, -0.2) is 13.1 Å². The van der Waals surface area contributed by atoms with E-state index in [2.05, 4.69) is 20.8 Å². The molecule has 0 radical (unpaired) electrons. The van der Waals surface area contributed by atoms with E-state index in [0.29, 0.717) is 11.5 Å². The Bertz CT molecular complexity index is 389. The minimum absolute atomic E-state index is 0.0437. The average molecular weight is 222 g/mol. The van der Waals surface area contributed by atoms with Gasteiger partial charge in [0.2, 0.25) is 0 Å². The Labute approximate surface area is 96.4 Å². The molecule has 0 bridgehead atoms. The van der Waals surface area contributed by atoms with Gasteiger partial charge in [-0.1, -0.05) is 26.8 Å². The van der Waals surface area contributed by atoms with Crippen molar-refractivity contribution in [2.45, 2.75) is 33.1 Å². The van der Waals surface area contributed by atoms with Crippen molar-refractivity contribution in [2.75, 3.05) is 7.11 Å². The van der Waals surface area contributed by atoms with E-state index in [9.17, 15) is 4.79 Å². The van der Waals surface area contributed by atoms with Crippen LogP contribution in [0.1, 0.15) is 33.3 Å². The molecule has 0 aliphatic carbocycles. The maximum Gasteiger partial charge on any atom is 0.308 e. The van der Waals surface area contributed by atoms with Gasteiger partial charge in [0, 0.05) is 6.92 Å². The van der Waals surface area contributed by atoms with Gasteiger partial charge in [0.15, 0.2) is 11.5 Å². The maximum atomic E-state index is 10.9. The van der Waals surface area contributed by atoms with Crippen molar-refractivity contribution in [3.8, 4) is 11.5 Å². The van der Waals surface area contributed by atoms with E-state index in [0.717, 1.165) is 5.56 Å². The molecule has 0 atom stereocenters. The van der Waals surface area contributed by atoms with Crippen molar-refractivity contribution in [3.63, 3.8) is 0 Å². The number of rotatable bonds is 2. The monoisotopic (exact) mass is 222 g/mol. The quantitative estimate of drug-likeness (QED) is 0.570. The molecule has 0 aliphatic rings. The van der Waals surface area contributed by atoms with E-state index >= 15 is 0 Å². The summed E-state index contributed by atoms with van der Waals surface area (Å²) < 4.78 is 10.2. The Morgan fingerprint density at radius 3 is 2.25 bits per heavy atom. The third kappa shape index (κ3) is 2.99. The number of carbonyl (C=O) groups is 1. The molecule has 1 aromatic rings. The van der Waals surface area contributed by atoms with Crippen LogP contribution in [0.4, 0.5) is 0 Å². The lowest BCUT2D eigenvalue weighted by molar-refractivity contribution is -0.132. The lowest BCUT2D eigenvalue weighted by Gasteiger charge is -2.20. The van der Waals surface area contributed by atoms with Gasteiger partial charge in [0.1, 0.15) is 0 Å². The lowest BCUT2D eigenvalue weighted by atomic mass is 9.87. The summed E-state index contributed by atoms with van der Waals surface area (Å²) in [5, 5.41) is 0. The number of methoxy groups -OCH3 is 1. The molecular weight excluding hydrogens is 204 g/mol. The average Bonchev–Trinajstić information content (AvgIpc) is 2.15. The van der Waals surface area contributed by atoms with Gasteiger partial charge >= 0.3 is 5.97 Å². The van der Waals surface area contributed by atoms with E-state index < -0.39 is 0 Å². The van der Waals surface area contributed by atoms with Gasteiger partial charge in [-0.3, -0.25) is 4.79 Å². The number of carbonyl (C=O) groups excluding carboxylic acids is 1. The molecule has 0 aliphatic heterocycles. The summed E-state index contributed by atoms with van der Waals surface area (Å²) in [6, 6.07) is 5.61. The second-order valence-corrected chi connectivity index (χ2v) is 4.71. The molecule has 0 saturated heterocycles. The Kier molecular flexibility index (Phi) is 3.58. The van der Waals surface area contributed by atoms with Crippen molar-refractivity contribution in [1.82, 2.24) is 0 Å². The van der Waals surface area contributed by atoms with Crippen molar-refractivity contribution in [2.24, 2.45) is 0 Å². The molecule has 0 heterocycles. The molecule has 0 spiro atoms. The molecule has 0 aromatic heterocycles. The third-order valence-electron chi connectivity index (χ3n) is 2.28. The topological polar surface area (TPSA) is 35.5 Å². The molecule has 0 unspecified atom stereocenters. The number of esters is 1. The normalized spacial score (nSPS) is 11.1. The highest BCUT2D eigenvalue weighted by Crippen LogP contribution is 2.33. The number of hydrogen-bond donors (Lipinski definition) is 0. The second kappa shape index (κ2) is 4.56.